The van der Waals surface area contributed by atoms with Gasteiger partial charge in [0.15, 0.2) is 11.6 Å². The van der Waals surface area contributed by atoms with Gasteiger partial charge in [-0.3, -0.25) is 4.79 Å². The van der Waals surface area contributed by atoms with Crippen molar-refractivity contribution in [2.75, 3.05) is 7.05 Å². The lowest BCUT2D eigenvalue weighted by Crippen LogP contribution is -2.17. The van der Waals surface area contributed by atoms with Crippen molar-refractivity contribution in [3.8, 4) is 28.6 Å². The van der Waals surface area contributed by atoms with Crippen molar-refractivity contribution in [2.45, 2.75) is 0 Å². The second kappa shape index (κ2) is 7.00. The average molecular weight is 338 g/mol. The summed E-state index contributed by atoms with van der Waals surface area (Å²) in [6.45, 7) is 0. The molecule has 0 aliphatic rings. The molecule has 2 N–H and O–H groups in total. The van der Waals surface area contributed by atoms with Gasteiger partial charge in [-0.25, -0.2) is 9.37 Å². The van der Waals surface area contributed by atoms with E-state index in [1.165, 1.54) is 12.1 Å². The van der Waals surface area contributed by atoms with Crippen LogP contribution in [-0.4, -0.2) is 23.0 Å². The number of hydrogen-bond acceptors (Lipinski definition) is 4. The van der Waals surface area contributed by atoms with Crippen LogP contribution in [-0.2, 0) is 0 Å². The molecule has 0 saturated heterocycles. The maximum absolute atomic E-state index is 13.1. The Balaban J connectivity index is 1.89. The fourth-order valence-electron chi connectivity index (χ4n) is 2.27. The summed E-state index contributed by atoms with van der Waals surface area (Å²) in [7, 11) is 1.57. The zero-order chi connectivity index (χ0) is 17.8. The third kappa shape index (κ3) is 3.74. The van der Waals surface area contributed by atoms with Crippen LogP contribution in [0.3, 0.4) is 0 Å². The molecule has 3 aromatic rings. The Bertz CT molecular complexity index is 928. The highest BCUT2D eigenvalue weighted by molar-refractivity contribution is 5.95. The number of aromatic hydroxyl groups is 1. The van der Waals surface area contributed by atoms with E-state index in [9.17, 15) is 14.3 Å². The predicted molar refractivity (Wildman–Crippen MR) is 91.2 cm³/mol. The molecule has 2 aromatic carbocycles. The number of benzene rings is 2. The topological polar surface area (TPSA) is 71.5 Å². The van der Waals surface area contributed by atoms with Crippen molar-refractivity contribution < 1.29 is 19.0 Å². The number of phenolic OH excluding ortho intramolecular Hbond substituents is 1. The van der Waals surface area contributed by atoms with E-state index in [-0.39, 0.29) is 17.5 Å². The Morgan fingerprint density at radius 2 is 1.92 bits per heavy atom. The van der Waals surface area contributed by atoms with E-state index < -0.39 is 11.6 Å². The minimum atomic E-state index is -0.722. The fourth-order valence-corrected chi connectivity index (χ4v) is 2.27. The Morgan fingerprint density at radius 3 is 2.68 bits per heavy atom. The highest BCUT2D eigenvalue weighted by Crippen LogP contribution is 2.27. The summed E-state index contributed by atoms with van der Waals surface area (Å²) in [6.07, 6.45) is 0. The van der Waals surface area contributed by atoms with E-state index in [2.05, 4.69) is 10.3 Å². The number of ether oxygens (including phenoxy) is 1. The number of rotatable bonds is 4. The number of hydrogen-bond donors (Lipinski definition) is 2. The SMILES string of the molecule is CNC(=O)c1cccc(-c2cccc(Oc3ccc(F)c(O)c3)n2)c1. The lowest BCUT2D eigenvalue weighted by Gasteiger charge is -2.08. The maximum atomic E-state index is 13.1. The van der Waals surface area contributed by atoms with Gasteiger partial charge in [0.1, 0.15) is 5.75 Å². The molecule has 0 fully saturated rings. The van der Waals surface area contributed by atoms with Crippen LogP contribution >= 0.6 is 0 Å². The van der Waals surface area contributed by atoms with Crippen LogP contribution in [0.1, 0.15) is 10.4 Å². The second-order valence-electron chi connectivity index (χ2n) is 5.24. The molecule has 0 spiro atoms. The zero-order valence-electron chi connectivity index (χ0n) is 13.4. The van der Waals surface area contributed by atoms with E-state index in [0.29, 0.717) is 11.3 Å². The number of aromatic nitrogens is 1. The minimum Gasteiger partial charge on any atom is -0.505 e. The van der Waals surface area contributed by atoms with Crippen molar-refractivity contribution in [2.24, 2.45) is 0 Å². The molecule has 0 bridgehead atoms. The number of pyridine rings is 1. The summed E-state index contributed by atoms with van der Waals surface area (Å²) in [6, 6.07) is 15.9. The first-order chi connectivity index (χ1) is 12.1. The summed E-state index contributed by atoms with van der Waals surface area (Å²) in [5, 5.41) is 12.0. The van der Waals surface area contributed by atoms with E-state index in [1.54, 1.807) is 43.4 Å². The lowest BCUT2D eigenvalue weighted by atomic mass is 10.1. The first-order valence-electron chi connectivity index (χ1n) is 7.53. The maximum Gasteiger partial charge on any atom is 0.251 e. The molecule has 6 heteroatoms. The molecule has 5 nitrogen and oxygen atoms in total. The first kappa shape index (κ1) is 16.4. The molecule has 1 heterocycles. The van der Waals surface area contributed by atoms with Gasteiger partial charge in [-0.1, -0.05) is 18.2 Å². The Morgan fingerprint density at radius 1 is 1.12 bits per heavy atom. The van der Waals surface area contributed by atoms with Crippen LogP contribution in [0.2, 0.25) is 0 Å². The summed E-state index contributed by atoms with van der Waals surface area (Å²) in [4.78, 5) is 16.1. The number of nitrogens with zero attached hydrogens (tertiary/aromatic N) is 1. The van der Waals surface area contributed by atoms with Crippen molar-refractivity contribution >= 4 is 5.91 Å². The molecule has 0 unspecified atom stereocenters. The largest absolute Gasteiger partial charge is 0.505 e. The van der Waals surface area contributed by atoms with Crippen LogP contribution in [0.15, 0.2) is 60.7 Å². The van der Waals surface area contributed by atoms with Crippen LogP contribution < -0.4 is 10.1 Å². The summed E-state index contributed by atoms with van der Waals surface area (Å²) in [5.41, 5.74) is 1.90. The lowest BCUT2D eigenvalue weighted by molar-refractivity contribution is 0.0963. The number of carbonyl (C=O) groups is 1. The average Bonchev–Trinajstić information content (AvgIpc) is 2.64. The third-order valence-electron chi connectivity index (χ3n) is 3.51. The first-order valence-corrected chi connectivity index (χ1v) is 7.53. The molecule has 3 rings (SSSR count). The van der Waals surface area contributed by atoms with Gasteiger partial charge < -0.3 is 15.2 Å². The van der Waals surface area contributed by atoms with Crippen molar-refractivity contribution in [3.63, 3.8) is 0 Å². The van der Waals surface area contributed by atoms with Gasteiger partial charge in [0.2, 0.25) is 5.88 Å². The molecule has 0 aliphatic carbocycles. The van der Waals surface area contributed by atoms with E-state index in [4.69, 9.17) is 4.74 Å². The predicted octanol–water partition coefficient (Wildman–Crippen LogP) is 3.75. The van der Waals surface area contributed by atoms with E-state index in [0.717, 1.165) is 11.6 Å². The van der Waals surface area contributed by atoms with E-state index in [1.807, 2.05) is 6.07 Å². The van der Waals surface area contributed by atoms with Crippen LogP contribution in [0.25, 0.3) is 11.3 Å². The van der Waals surface area contributed by atoms with Gasteiger partial charge in [-0.2, -0.15) is 0 Å². The smallest absolute Gasteiger partial charge is 0.251 e. The molecule has 0 aliphatic heterocycles. The quantitative estimate of drug-likeness (QED) is 0.760. The monoisotopic (exact) mass is 338 g/mol. The van der Waals surface area contributed by atoms with Gasteiger partial charge >= 0.3 is 0 Å². The molecule has 25 heavy (non-hydrogen) atoms. The number of nitrogens with one attached hydrogen (secondary N) is 1. The molecular formula is C19H15FN2O3. The Labute approximate surface area is 143 Å². The molecular weight excluding hydrogens is 323 g/mol. The molecule has 1 amide bonds. The van der Waals surface area contributed by atoms with Crippen LogP contribution in [0, 0.1) is 5.82 Å². The summed E-state index contributed by atoms with van der Waals surface area (Å²) < 4.78 is 18.7. The molecule has 1 aromatic heterocycles. The number of phenols is 1. The number of amides is 1. The van der Waals surface area contributed by atoms with Gasteiger partial charge in [-0.15, -0.1) is 0 Å². The summed E-state index contributed by atoms with van der Waals surface area (Å²) >= 11 is 0. The minimum absolute atomic E-state index is 0.184. The normalized spacial score (nSPS) is 10.3. The van der Waals surface area contributed by atoms with Gasteiger partial charge in [-0.05, 0) is 30.3 Å². The standard InChI is InChI=1S/C19H15FN2O3/c1-21-19(24)13-5-2-4-12(10-13)16-6-3-7-18(22-16)25-14-8-9-15(20)17(23)11-14/h2-11,23H,1H3,(H,21,24). The van der Waals surface area contributed by atoms with Crippen LogP contribution in [0.4, 0.5) is 4.39 Å². The van der Waals surface area contributed by atoms with Crippen molar-refractivity contribution in [1.29, 1.82) is 0 Å². The fraction of sp³-hybridized carbons (Fsp3) is 0.0526. The van der Waals surface area contributed by atoms with Crippen molar-refractivity contribution in [1.82, 2.24) is 10.3 Å². The summed E-state index contributed by atoms with van der Waals surface area (Å²) in [5.74, 6) is -0.848. The Kier molecular flexibility index (Phi) is 4.61. The molecule has 126 valence electrons. The molecule has 0 atom stereocenters. The van der Waals surface area contributed by atoms with Crippen molar-refractivity contribution in [3.05, 3.63) is 72.0 Å². The highest BCUT2D eigenvalue weighted by atomic mass is 19.1. The van der Waals surface area contributed by atoms with E-state index >= 15 is 0 Å². The van der Waals surface area contributed by atoms with Gasteiger partial charge in [0.05, 0.1) is 5.69 Å². The molecule has 0 radical (unpaired) electrons. The zero-order valence-corrected chi connectivity index (χ0v) is 13.4. The third-order valence-corrected chi connectivity index (χ3v) is 3.51. The number of halogens is 1. The number of carbonyl (C=O) groups excluding carboxylic acids is 1. The second-order valence-corrected chi connectivity index (χ2v) is 5.24. The van der Waals surface area contributed by atoms with Gasteiger partial charge in [0.25, 0.3) is 5.91 Å². The highest BCUT2D eigenvalue weighted by Gasteiger charge is 2.08. The van der Waals surface area contributed by atoms with Gasteiger partial charge in [0, 0.05) is 30.3 Å². The molecule has 0 saturated carbocycles. The van der Waals surface area contributed by atoms with Crippen LogP contribution in [0.5, 0.6) is 17.4 Å². The Hall–Kier alpha value is -3.41.